The second kappa shape index (κ2) is 6.89. The third-order valence-corrected chi connectivity index (χ3v) is 2.83. The Labute approximate surface area is 109 Å². The average molecular weight is 250 g/mol. The zero-order valence-corrected chi connectivity index (χ0v) is 11.6. The van der Waals surface area contributed by atoms with E-state index in [1.165, 1.54) is 5.56 Å². The zero-order chi connectivity index (χ0) is 13.5. The number of aryl methyl sites for hydroxylation is 2. The van der Waals surface area contributed by atoms with Gasteiger partial charge in [0.1, 0.15) is 5.75 Å². The van der Waals surface area contributed by atoms with Crippen LogP contribution in [0.15, 0.2) is 18.2 Å². The maximum atomic E-state index is 11.7. The van der Waals surface area contributed by atoms with E-state index in [1.807, 2.05) is 39.8 Å². The molecule has 0 saturated heterocycles. The molecule has 0 unspecified atom stereocenters. The van der Waals surface area contributed by atoms with Crippen molar-refractivity contribution in [1.29, 1.82) is 0 Å². The number of urea groups is 1. The summed E-state index contributed by atoms with van der Waals surface area (Å²) < 4.78 is 5.54. The Morgan fingerprint density at radius 1 is 1.28 bits per heavy atom. The lowest BCUT2D eigenvalue weighted by Gasteiger charge is -2.19. The van der Waals surface area contributed by atoms with Gasteiger partial charge in [0, 0.05) is 13.1 Å². The normalized spacial score (nSPS) is 10.0. The van der Waals surface area contributed by atoms with Crippen LogP contribution in [-0.2, 0) is 0 Å². The van der Waals surface area contributed by atoms with Gasteiger partial charge in [-0.3, -0.25) is 0 Å². The number of rotatable bonds is 5. The van der Waals surface area contributed by atoms with Crippen molar-refractivity contribution in [2.45, 2.75) is 27.7 Å². The Morgan fingerprint density at radius 2 is 1.94 bits per heavy atom. The fourth-order valence-electron chi connectivity index (χ4n) is 1.76. The van der Waals surface area contributed by atoms with Crippen molar-refractivity contribution in [3.63, 3.8) is 0 Å². The van der Waals surface area contributed by atoms with Crippen LogP contribution >= 0.6 is 0 Å². The van der Waals surface area contributed by atoms with Crippen molar-refractivity contribution in [3.05, 3.63) is 29.3 Å². The van der Waals surface area contributed by atoms with Gasteiger partial charge >= 0.3 is 6.03 Å². The third kappa shape index (κ3) is 3.95. The molecule has 0 heterocycles. The largest absolute Gasteiger partial charge is 0.473 e. The molecular formula is C14H22N2O2. The van der Waals surface area contributed by atoms with Crippen molar-refractivity contribution in [2.24, 2.45) is 0 Å². The van der Waals surface area contributed by atoms with Gasteiger partial charge in [0.15, 0.2) is 6.73 Å². The van der Waals surface area contributed by atoms with Gasteiger partial charge in [-0.2, -0.15) is 0 Å². The Hall–Kier alpha value is -1.71. The van der Waals surface area contributed by atoms with E-state index < -0.39 is 0 Å². The van der Waals surface area contributed by atoms with Gasteiger partial charge < -0.3 is 15.0 Å². The van der Waals surface area contributed by atoms with Gasteiger partial charge in [-0.1, -0.05) is 17.7 Å². The Balaban J connectivity index is 2.44. The van der Waals surface area contributed by atoms with Crippen LogP contribution < -0.4 is 10.1 Å². The molecule has 0 spiro atoms. The first-order chi connectivity index (χ1) is 8.58. The van der Waals surface area contributed by atoms with Crippen LogP contribution in [0, 0.1) is 13.8 Å². The highest BCUT2D eigenvalue weighted by molar-refractivity contribution is 5.73. The highest BCUT2D eigenvalue weighted by atomic mass is 16.5. The molecule has 18 heavy (non-hydrogen) atoms. The third-order valence-electron chi connectivity index (χ3n) is 2.83. The highest BCUT2D eigenvalue weighted by Crippen LogP contribution is 2.18. The summed E-state index contributed by atoms with van der Waals surface area (Å²) >= 11 is 0. The molecular weight excluding hydrogens is 228 g/mol. The summed E-state index contributed by atoms with van der Waals surface area (Å²) in [5, 5.41) is 2.74. The number of hydrogen-bond acceptors (Lipinski definition) is 2. The average Bonchev–Trinajstić information content (AvgIpc) is 2.33. The number of benzene rings is 1. The number of nitrogens with one attached hydrogen (secondary N) is 1. The molecule has 1 aromatic rings. The minimum absolute atomic E-state index is 0.0928. The number of carbonyl (C=O) groups is 1. The smallest absolute Gasteiger partial charge is 0.319 e. The first-order valence-electron chi connectivity index (χ1n) is 6.31. The minimum Gasteiger partial charge on any atom is -0.473 e. The van der Waals surface area contributed by atoms with E-state index in [4.69, 9.17) is 4.74 Å². The molecule has 4 heteroatoms. The predicted octanol–water partition coefficient (Wildman–Crippen LogP) is 2.69. The summed E-state index contributed by atoms with van der Waals surface area (Å²) in [5.74, 6) is 0.806. The summed E-state index contributed by atoms with van der Waals surface area (Å²) in [6.45, 7) is 9.53. The molecule has 0 bridgehead atoms. The number of ether oxygens (including phenoxy) is 1. The molecule has 0 atom stereocenters. The molecule has 1 rings (SSSR count). The van der Waals surface area contributed by atoms with E-state index in [9.17, 15) is 4.79 Å². The summed E-state index contributed by atoms with van der Waals surface area (Å²) in [6.07, 6.45) is 0. The minimum atomic E-state index is -0.0928. The highest BCUT2D eigenvalue weighted by Gasteiger charge is 2.08. The molecule has 2 amide bonds. The molecule has 0 aromatic heterocycles. The van der Waals surface area contributed by atoms with Crippen molar-refractivity contribution >= 4 is 6.03 Å². The molecule has 4 nitrogen and oxygen atoms in total. The molecule has 0 fully saturated rings. The van der Waals surface area contributed by atoms with Crippen molar-refractivity contribution in [3.8, 4) is 5.75 Å². The van der Waals surface area contributed by atoms with E-state index in [1.54, 1.807) is 4.90 Å². The monoisotopic (exact) mass is 250 g/mol. The Kier molecular flexibility index (Phi) is 5.49. The van der Waals surface area contributed by atoms with Crippen LogP contribution in [-0.4, -0.2) is 30.8 Å². The van der Waals surface area contributed by atoms with Gasteiger partial charge in [0.25, 0.3) is 0 Å². The topological polar surface area (TPSA) is 41.6 Å². The van der Waals surface area contributed by atoms with E-state index in [-0.39, 0.29) is 12.8 Å². The zero-order valence-electron chi connectivity index (χ0n) is 11.6. The van der Waals surface area contributed by atoms with Gasteiger partial charge in [-0.25, -0.2) is 4.79 Å². The lowest BCUT2D eigenvalue weighted by molar-refractivity contribution is 0.189. The number of nitrogens with zero attached hydrogens (tertiary/aromatic N) is 1. The van der Waals surface area contributed by atoms with Crippen LogP contribution in [0.1, 0.15) is 25.0 Å². The molecule has 0 radical (unpaired) electrons. The molecule has 0 aliphatic carbocycles. The first kappa shape index (κ1) is 14.4. The van der Waals surface area contributed by atoms with Crippen LogP contribution in [0.4, 0.5) is 4.79 Å². The van der Waals surface area contributed by atoms with Crippen LogP contribution in [0.2, 0.25) is 0 Å². The van der Waals surface area contributed by atoms with Crippen LogP contribution in [0.25, 0.3) is 0 Å². The molecule has 1 N–H and O–H groups in total. The Bertz CT molecular complexity index is 401. The Morgan fingerprint density at radius 3 is 2.50 bits per heavy atom. The van der Waals surface area contributed by atoms with Crippen molar-refractivity contribution in [1.82, 2.24) is 10.2 Å². The molecule has 100 valence electrons. The maximum Gasteiger partial charge on any atom is 0.319 e. The molecule has 0 saturated carbocycles. The van der Waals surface area contributed by atoms with Gasteiger partial charge in [0.05, 0.1) is 0 Å². The fraction of sp³-hybridized carbons (Fsp3) is 0.500. The van der Waals surface area contributed by atoms with Crippen LogP contribution in [0.5, 0.6) is 5.75 Å². The molecule has 1 aromatic carbocycles. The quantitative estimate of drug-likeness (QED) is 0.816. The second-order valence-electron chi connectivity index (χ2n) is 4.21. The summed E-state index contributed by atoms with van der Waals surface area (Å²) in [6, 6.07) is 5.88. The first-order valence-corrected chi connectivity index (χ1v) is 6.31. The van der Waals surface area contributed by atoms with Crippen molar-refractivity contribution < 1.29 is 9.53 Å². The standard InChI is InChI=1S/C14H22N2O2/c1-5-16(6-2)14(17)15-10-18-13-8-7-11(3)9-12(13)4/h7-9H,5-6,10H2,1-4H3,(H,15,17). The predicted molar refractivity (Wildman–Crippen MR) is 72.9 cm³/mol. The molecule has 0 aliphatic rings. The second-order valence-corrected chi connectivity index (χ2v) is 4.21. The maximum absolute atomic E-state index is 11.7. The number of carbonyl (C=O) groups excluding carboxylic acids is 1. The van der Waals surface area contributed by atoms with Crippen LogP contribution in [0.3, 0.4) is 0 Å². The summed E-state index contributed by atoms with van der Waals surface area (Å²) in [7, 11) is 0. The van der Waals surface area contributed by atoms with E-state index in [0.29, 0.717) is 13.1 Å². The van der Waals surface area contributed by atoms with Gasteiger partial charge in [-0.05, 0) is 39.3 Å². The van der Waals surface area contributed by atoms with E-state index in [2.05, 4.69) is 11.4 Å². The summed E-state index contributed by atoms with van der Waals surface area (Å²) in [5.41, 5.74) is 2.28. The van der Waals surface area contributed by atoms with Gasteiger partial charge in [-0.15, -0.1) is 0 Å². The lowest BCUT2D eigenvalue weighted by atomic mass is 10.1. The van der Waals surface area contributed by atoms with E-state index in [0.717, 1.165) is 11.3 Å². The number of amides is 2. The lowest BCUT2D eigenvalue weighted by Crippen LogP contribution is -2.41. The fourth-order valence-corrected chi connectivity index (χ4v) is 1.76. The van der Waals surface area contributed by atoms with E-state index >= 15 is 0 Å². The SMILES string of the molecule is CCN(CC)C(=O)NCOc1ccc(C)cc1C. The van der Waals surface area contributed by atoms with Gasteiger partial charge in [0.2, 0.25) is 0 Å². The van der Waals surface area contributed by atoms with Crippen molar-refractivity contribution in [2.75, 3.05) is 19.8 Å². The summed E-state index contributed by atoms with van der Waals surface area (Å²) in [4.78, 5) is 13.4. The number of hydrogen-bond donors (Lipinski definition) is 1. The molecule has 0 aliphatic heterocycles.